The number of hydrogen-bond donors (Lipinski definition) is 2. The minimum Gasteiger partial charge on any atom is -0.478 e. The van der Waals surface area contributed by atoms with Crippen molar-refractivity contribution in [2.45, 2.75) is 18.7 Å². The van der Waals surface area contributed by atoms with Gasteiger partial charge in [0.05, 0.1) is 11.1 Å². The van der Waals surface area contributed by atoms with E-state index in [2.05, 4.69) is 25.5 Å². The van der Waals surface area contributed by atoms with Crippen LogP contribution in [0.25, 0.3) is 0 Å². The van der Waals surface area contributed by atoms with Crippen LogP contribution < -0.4 is 15.4 Å². The number of ether oxygens (including phenoxy) is 1. The molecule has 1 saturated heterocycles. The van der Waals surface area contributed by atoms with Gasteiger partial charge in [-0.05, 0) is 68.4 Å². The second-order valence-electron chi connectivity index (χ2n) is 8.76. The van der Waals surface area contributed by atoms with E-state index in [1.54, 1.807) is 24.3 Å². The Bertz CT molecular complexity index is 1390. The summed E-state index contributed by atoms with van der Waals surface area (Å²) in [5, 5.41) is 14.7. The monoisotopic (exact) mass is 525 g/mol. The zero-order chi connectivity index (χ0) is 26.6. The van der Waals surface area contributed by atoms with E-state index in [9.17, 15) is 12.8 Å². The Morgan fingerprint density at radius 3 is 2.32 bits per heavy atom. The van der Waals surface area contributed by atoms with Gasteiger partial charge in [0.1, 0.15) is 11.8 Å². The Morgan fingerprint density at radius 2 is 1.70 bits per heavy atom. The van der Waals surface area contributed by atoms with E-state index in [0.29, 0.717) is 43.3 Å². The number of nitrogens with one attached hydrogen (secondary N) is 2. The predicted octanol–water partition coefficient (Wildman–Crippen LogP) is 3.56. The van der Waals surface area contributed by atoms with Crippen LogP contribution in [0.5, 0.6) is 5.75 Å². The molecule has 10 nitrogen and oxygen atoms in total. The number of nitrogens with zero attached hydrogens (tertiary/aromatic N) is 5. The van der Waals surface area contributed by atoms with Crippen LogP contribution in [-0.2, 0) is 10.0 Å². The Balaban J connectivity index is 1.47. The van der Waals surface area contributed by atoms with Crippen molar-refractivity contribution in [2.24, 2.45) is 0 Å². The zero-order valence-electron chi connectivity index (χ0n) is 20.8. The summed E-state index contributed by atoms with van der Waals surface area (Å²) in [6, 6.07) is 11.8. The Labute approximate surface area is 215 Å². The molecule has 1 aliphatic heterocycles. The van der Waals surface area contributed by atoms with Gasteiger partial charge in [0, 0.05) is 37.6 Å². The van der Waals surface area contributed by atoms with E-state index in [0.717, 1.165) is 17.3 Å². The summed E-state index contributed by atoms with van der Waals surface area (Å²) in [6.07, 6.45) is 1.05. The molecule has 3 aromatic rings. The molecule has 12 heteroatoms. The molecule has 0 aliphatic carbocycles. The van der Waals surface area contributed by atoms with Gasteiger partial charge in [0.15, 0.2) is 18.2 Å². The lowest BCUT2D eigenvalue weighted by Gasteiger charge is -2.31. The second-order valence-corrected chi connectivity index (χ2v) is 10.7. The van der Waals surface area contributed by atoms with Gasteiger partial charge < -0.3 is 20.3 Å². The van der Waals surface area contributed by atoms with E-state index in [1.807, 2.05) is 27.0 Å². The Hall–Kier alpha value is -3.79. The quantitative estimate of drug-likeness (QED) is 0.454. The first-order chi connectivity index (χ1) is 17.7. The summed E-state index contributed by atoms with van der Waals surface area (Å²) in [7, 11) is -1.61. The molecular weight excluding hydrogens is 497 g/mol. The average Bonchev–Trinajstić information content (AvgIpc) is 2.86. The number of halogens is 1. The molecule has 0 saturated carbocycles. The van der Waals surface area contributed by atoms with Crippen molar-refractivity contribution in [1.82, 2.24) is 19.2 Å². The smallest absolute Gasteiger partial charge is 0.243 e. The molecular formula is C25H28FN7O3S. The van der Waals surface area contributed by atoms with Gasteiger partial charge >= 0.3 is 0 Å². The number of hydrogen-bond acceptors (Lipinski definition) is 9. The van der Waals surface area contributed by atoms with Gasteiger partial charge in [-0.3, -0.25) is 0 Å². The standard InChI is InChI=1S/C25H28FN7O3S/c1-17-14-20(15-18(2)23(17)36-13-8-27)29-24-22(26)16-28-25(31-24)30-19-4-6-21(7-5-19)37(34,35)33-11-9-32(3)10-12-33/h4-7,14-16H,9-13H2,1-3H3,(H2,28,29,30,31). The number of sulfonamides is 1. The summed E-state index contributed by atoms with van der Waals surface area (Å²) in [5.74, 6) is 0.0761. The van der Waals surface area contributed by atoms with E-state index >= 15 is 0 Å². The fourth-order valence-electron chi connectivity index (χ4n) is 4.02. The molecule has 0 unspecified atom stereocenters. The van der Waals surface area contributed by atoms with Crippen molar-refractivity contribution < 1.29 is 17.5 Å². The number of aromatic nitrogens is 2. The minimum atomic E-state index is -3.57. The highest BCUT2D eigenvalue weighted by molar-refractivity contribution is 7.89. The van der Waals surface area contributed by atoms with Crippen LogP contribution in [0.2, 0.25) is 0 Å². The van der Waals surface area contributed by atoms with Crippen molar-refractivity contribution in [3.63, 3.8) is 0 Å². The highest BCUT2D eigenvalue weighted by atomic mass is 32.2. The largest absolute Gasteiger partial charge is 0.478 e. The van der Waals surface area contributed by atoms with Crippen LogP contribution in [0.15, 0.2) is 47.5 Å². The number of piperazine rings is 1. The lowest BCUT2D eigenvalue weighted by Crippen LogP contribution is -2.46. The van der Waals surface area contributed by atoms with Gasteiger partial charge in [-0.25, -0.2) is 17.8 Å². The molecule has 4 rings (SSSR count). The van der Waals surface area contributed by atoms with Gasteiger partial charge in [-0.15, -0.1) is 0 Å². The third-order valence-electron chi connectivity index (χ3n) is 5.96. The van der Waals surface area contributed by atoms with Crippen molar-refractivity contribution in [3.05, 3.63) is 59.5 Å². The maximum atomic E-state index is 14.5. The molecule has 1 aliphatic rings. The summed E-state index contributed by atoms with van der Waals surface area (Å²) < 4.78 is 47.3. The maximum Gasteiger partial charge on any atom is 0.243 e. The summed E-state index contributed by atoms with van der Waals surface area (Å²) in [5.41, 5.74) is 2.73. The molecule has 0 spiro atoms. The van der Waals surface area contributed by atoms with Crippen molar-refractivity contribution >= 4 is 33.2 Å². The fourth-order valence-corrected chi connectivity index (χ4v) is 5.45. The fraction of sp³-hybridized carbons (Fsp3) is 0.320. The first-order valence-electron chi connectivity index (χ1n) is 11.6. The van der Waals surface area contributed by atoms with Gasteiger partial charge in [-0.2, -0.15) is 14.6 Å². The number of aryl methyl sites for hydroxylation is 2. The van der Waals surface area contributed by atoms with Gasteiger partial charge in [0.2, 0.25) is 16.0 Å². The Morgan fingerprint density at radius 1 is 1.05 bits per heavy atom. The summed E-state index contributed by atoms with van der Waals surface area (Å²) in [4.78, 5) is 10.5. The summed E-state index contributed by atoms with van der Waals surface area (Å²) >= 11 is 0. The predicted molar refractivity (Wildman–Crippen MR) is 138 cm³/mol. The van der Waals surface area contributed by atoms with Crippen LogP contribution in [-0.4, -0.2) is 67.4 Å². The number of likely N-dealkylation sites (N-methyl/N-ethyl adjacent to an activating group) is 1. The number of nitriles is 1. The van der Waals surface area contributed by atoms with Crippen molar-refractivity contribution in [3.8, 4) is 11.8 Å². The molecule has 1 aromatic heterocycles. The molecule has 2 N–H and O–H groups in total. The van der Waals surface area contributed by atoms with E-state index in [1.165, 1.54) is 16.4 Å². The molecule has 194 valence electrons. The lowest BCUT2D eigenvalue weighted by atomic mass is 10.1. The normalized spacial score (nSPS) is 14.7. The van der Waals surface area contributed by atoms with E-state index < -0.39 is 15.8 Å². The first kappa shape index (κ1) is 26.3. The van der Waals surface area contributed by atoms with E-state index in [-0.39, 0.29) is 23.3 Å². The minimum absolute atomic E-state index is 0.0312. The maximum absolute atomic E-state index is 14.5. The zero-order valence-corrected chi connectivity index (χ0v) is 21.6. The highest BCUT2D eigenvalue weighted by Crippen LogP contribution is 2.29. The number of anilines is 4. The molecule has 2 heterocycles. The van der Waals surface area contributed by atoms with Crippen LogP contribution >= 0.6 is 0 Å². The van der Waals surface area contributed by atoms with Crippen LogP contribution in [0.1, 0.15) is 11.1 Å². The third kappa shape index (κ3) is 6.14. The molecule has 0 radical (unpaired) electrons. The molecule has 0 bridgehead atoms. The van der Waals surface area contributed by atoms with E-state index in [4.69, 9.17) is 10.00 Å². The topological polar surface area (TPSA) is 123 Å². The third-order valence-corrected chi connectivity index (χ3v) is 7.87. The number of benzene rings is 2. The van der Waals surface area contributed by atoms with Crippen molar-refractivity contribution in [2.75, 3.05) is 50.5 Å². The number of rotatable bonds is 8. The molecule has 0 amide bonds. The molecule has 2 aromatic carbocycles. The van der Waals surface area contributed by atoms with Crippen LogP contribution in [0.4, 0.5) is 27.5 Å². The lowest BCUT2D eigenvalue weighted by molar-refractivity contribution is 0.222. The molecule has 37 heavy (non-hydrogen) atoms. The highest BCUT2D eigenvalue weighted by Gasteiger charge is 2.27. The van der Waals surface area contributed by atoms with Gasteiger partial charge in [0.25, 0.3) is 0 Å². The first-order valence-corrected chi connectivity index (χ1v) is 13.1. The Kier molecular flexibility index (Phi) is 7.87. The van der Waals surface area contributed by atoms with Crippen molar-refractivity contribution in [1.29, 1.82) is 5.26 Å². The van der Waals surface area contributed by atoms with Crippen LogP contribution in [0, 0.1) is 31.0 Å². The van der Waals surface area contributed by atoms with Crippen LogP contribution in [0.3, 0.4) is 0 Å². The SMILES string of the molecule is Cc1cc(Nc2nc(Nc3ccc(S(=O)(=O)N4CCN(C)CC4)cc3)ncc2F)cc(C)c1OCC#N. The molecule has 1 fully saturated rings. The molecule has 0 atom stereocenters. The average molecular weight is 526 g/mol. The summed E-state index contributed by atoms with van der Waals surface area (Å²) in [6.45, 7) is 5.89. The van der Waals surface area contributed by atoms with Gasteiger partial charge in [-0.1, -0.05) is 0 Å². The second kappa shape index (κ2) is 11.1.